The third-order valence-corrected chi connectivity index (χ3v) is 6.58. The van der Waals surface area contributed by atoms with Crippen molar-refractivity contribution in [3.05, 3.63) is 76.4 Å². The van der Waals surface area contributed by atoms with E-state index in [2.05, 4.69) is 81.6 Å². The van der Waals surface area contributed by atoms with E-state index in [1.807, 2.05) is 0 Å². The Morgan fingerprint density at radius 2 is 1.81 bits per heavy atom. The van der Waals surface area contributed by atoms with Gasteiger partial charge in [0.25, 0.3) is 0 Å². The number of unbranched alkanes of at least 4 members (excludes halogenated alkanes) is 2. The average Bonchev–Trinajstić information content (AvgIpc) is 3.01. The fraction of sp³-hybridized carbons (Fsp3) is 0.414. The molecule has 0 amide bonds. The van der Waals surface area contributed by atoms with Crippen molar-refractivity contribution < 1.29 is 9.90 Å². The van der Waals surface area contributed by atoms with Crippen molar-refractivity contribution in [1.29, 1.82) is 0 Å². The number of hydrogen-bond donors (Lipinski definition) is 2. The van der Waals surface area contributed by atoms with Crippen LogP contribution in [-0.2, 0) is 11.2 Å². The Morgan fingerprint density at radius 1 is 1.00 bits per heavy atom. The van der Waals surface area contributed by atoms with Gasteiger partial charge in [-0.1, -0.05) is 49.8 Å². The molecule has 1 atom stereocenters. The quantitative estimate of drug-likeness (QED) is 0.421. The van der Waals surface area contributed by atoms with Crippen molar-refractivity contribution in [2.24, 2.45) is 5.92 Å². The number of aliphatic carboxylic acids is 1. The third kappa shape index (κ3) is 6.12. The minimum absolute atomic E-state index is 0.271. The number of allylic oxidation sites excluding steroid dienone is 2. The number of carboxylic acid groups (broad SMARTS) is 1. The second kappa shape index (κ2) is 11.2. The third-order valence-electron chi connectivity index (χ3n) is 6.58. The van der Waals surface area contributed by atoms with Gasteiger partial charge in [0, 0.05) is 24.2 Å². The lowest BCUT2D eigenvalue weighted by atomic mass is 9.91. The zero-order valence-electron chi connectivity index (χ0n) is 20.0. The molecule has 0 saturated carbocycles. The van der Waals surface area contributed by atoms with E-state index in [1.165, 1.54) is 44.6 Å². The second-order valence-electron chi connectivity index (χ2n) is 9.09. The Bertz CT molecular complexity index is 1020. The maximum Gasteiger partial charge on any atom is 0.303 e. The zero-order valence-corrected chi connectivity index (χ0v) is 20.0. The van der Waals surface area contributed by atoms with Crippen LogP contribution >= 0.6 is 0 Å². The number of nitrogens with one attached hydrogen (secondary N) is 1. The molecule has 0 fully saturated rings. The molecule has 3 rings (SSSR count). The summed E-state index contributed by atoms with van der Waals surface area (Å²) in [7, 11) is 0. The molecule has 32 heavy (non-hydrogen) atoms. The summed E-state index contributed by atoms with van der Waals surface area (Å²) in [4.78, 5) is 10.7. The van der Waals surface area contributed by atoms with Gasteiger partial charge in [-0.15, -0.1) is 0 Å². The van der Waals surface area contributed by atoms with E-state index in [0.29, 0.717) is 5.92 Å². The largest absolute Gasteiger partial charge is 0.481 e. The van der Waals surface area contributed by atoms with Gasteiger partial charge in [0.2, 0.25) is 0 Å². The molecule has 0 aliphatic carbocycles. The molecule has 170 valence electrons. The summed E-state index contributed by atoms with van der Waals surface area (Å²) >= 11 is 0. The van der Waals surface area contributed by atoms with Crippen molar-refractivity contribution in [3.63, 3.8) is 0 Å². The number of hydrogen-bond acceptors (Lipinski definition) is 2. The molecule has 2 aromatic rings. The standard InChI is InChI=1S/C29H37NO2/c1-5-23-10-9-12-28(30-19-23)27-18-25(15-14-20(27)2)26-17-21(3)24(16-22(26)4)11-7-6-8-13-29(31)32/h9-10,12,14-18,23,30H,5-8,11,13,19H2,1-4H3,(H,31,32). The highest BCUT2D eigenvalue weighted by molar-refractivity contribution is 5.76. The van der Waals surface area contributed by atoms with Crippen molar-refractivity contribution in [2.75, 3.05) is 6.54 Å². The Kier molecular flexibility index (Phi) is 8.33. The van der Waals surface area contributed by atoms with Gasteiger partial charge in [0.05, 0.1) is 0 Å². The normalized spacial score (nSPS) is 15.8. The Hall–Kier alpha value is -2.81. The molecule has 3 nitrogen and oxygen atoms in total. The molecule has 0 radical (unpaired) electrons. The minimum Gasteiger partial charge on any atom is -0.481 e. The highest BCUT2D eigenvalue weighted by atomic mass is 16.4. The smallest absolute Gasteiger partial charge is 0.303 e. The molecule has 0 saturated heterocycles. The molecule has 1 aliphatic rings. The maximum atomic E-state index is 10.7. The minimum atomic E-state index is -0.699. The zero-order chi connectivity index (χ0) is 23.1. The summed E-state index contributed by atoms with van der Waals surface area (Å²) in [6.45, 7) is 9.77. The lowest BCUT2D eigenvalue weighted by Gasteiger charge is -2.17. The van der Waals surface area contributed by atoms with Crippen molar-refractivity contribution in [2.45, 2.75) is 66.2 Å². The molecule has 0 bridgehead atoms. The first-order valence-electron chi connectivity index (χ1n) is 11.9. The molecule has 3 heteroatoms. The van der Waals surface area contributed by atoms with E-state index in [9.17, 15) is 4.79 Å². The van der Waals surface area contributed by atoms with Crippen LogP contribution in [0.5, 0.6) is 0 Å². The molecule has 0 aromatic heterocycles. The fourth-order valence-electron chi connectivity index (χ4n) is 4.45. The Balaban J connectivity index is 1.79. The van der Waals surface area contributed by atoms with Gasteiger partial charge >= 0.3 is 5.97 Å². The van der Waals surface area contributed by atoms with Gasteiger partial charge in [-0.05, 0) is 97.9 Å². The topological polar surface area (TPSA) is 49.3 Å². The molecule has 0 spiro atoms. The van der Waals surface area contributed by atoms with Crippen LogP contribution in [0.15, 0.2) is 48.6 Å². The monoisotopic (exact) mass is 431 g/mol. The maximum absolute atomic E-state index is 10.7. The van der Waals surface area contributed by atoms with Crippen LogP contribution in [0.4, 0.5) is 0 Å². The molecule has 1 heterocycles. The average molecular weight is 432 g/mol. The number of rotatable bonds is 9. The van der Waals surface area contributed by atoms with Crippen LogP contribution in [0.3, 0.4) is 0 Å². The van der Waals surface area contributed by atoms with Crippen LogP contribution in [0, 0.1) is 26.7 Å². The Labute approximate surface area is 193 Å². The van der Waals surface area contributed by atoms with Crippen LogP contribution in [0.1, 0.15) is 66.8 Å². The van der Waals surface area contributed by atoms with Crippen LogP contribution in [0.25, 0.3) is 16.8 Å². The number of carboxylic acids is 1. The number of benzene rings is 2. The molecule has 2 aromatic carbocycles. The molecular formula is C29H37NO2. The van der Waals surface area contributed by atoms with Crippen molar-refractivity contribution >= 4 is 11.7 Å². The molecule has 2 N–H and O–H groups in total. The summed E-state index contributed by atoms with van der Waals surface area (Å²) in [6, 6.07) is 11.4. The first-order chi connectivity index (χ1) is 15.4. The van der Waals surface area contributed by atoms with Gasteiger partial charge in [-0.2, -0.15) is 0 Å². The summed E-state index contributed by atoms with van der Waals surface area (Å²) < 4.78 is 0. The van der Waals surface area contributed by atoms with Gasteiger partial charge < -0.3 is 10.4 Å². The molecular weight excluding hydrogens is 394 g/mol. The van der Waals surface area contributed by atoms with E-state index < -0.39 is 5.97 Å². The lowest BCUT2D eigenvalue weighted by Crippen LogP contribution is -2.19. The van der Waals surface area contributed by atoms with Crippen LogP contribution in [0.2, 0.25) is 0 Å². The van der Waals surface area contributed by atoms with Crippen LogP contribution in [-0.4, -0.2) is 17.6 Å². The van der Waals surface area contributed by atoms with E-state index in [4.69, 9.17) is 5.11 Å². The summed E-state index contributed by atoms with van der Waals surface area (Å²) in [5.41, 5.74) is 10.3. The Morgan fingerprint density at radius 3 is 2.56 bits per heavy atom. The molecule has 1 aliphatic heterocycles. The summed E-state index contributed by atoms with van der Waals surface area (Å²) in [5.74, 6) is -0.122. The van der Waals surface area contributed by atoms with E-state index >= 15 is 0 Å². The van der Waals surface area contributed by atoms with Gasteiger partial charge in [-0.25, -0.2) is 0 Å². The van der Waals surface area contributed by atoms with Crippen LogP contribution < -0.4 is 5.32 Å². The fourth-order valence-corrected chi connectivity index (χ4v) is 4.45. The van der Waals surface area contributed by atoms with Gasteiger partial charge in [0.1, 0.15) is 0 Å². The molecule has 1 unspecified atom stereocenters. The van der Waals surface area contributed by atoms with Gasteiger partial charge in [-0.3, -0.25) is 4.79 Å². The van der Waals surface area contributed by atoms with Gasteiger partial charge in [0.15, 0.2) is 0 Å². The predicted octanol–water partition coefficient (Wildman–Crippen LogP) is 6.99. The lowest BCUT2D eigenvalue weighted by molar-refractivity contribution is -0.137. The predicted molar refractivity (Wildman–Crippen MR) is 135 cm³/mol. The van der Waals surface area contributed by atoms with E-state index in [0.717, 1.165) is 38.6 Å². The highest BCUT2D eigenvalue weighted by Crippen LogP contribution is 2.31. The highest BCUT2D eigenvalue weighted by Gasteiger charge is 2.13. The van der Waals surface area contributed by atoms with E-state index in [-0.39, 0.29) is 6.42 Å². The second-order valence-corrected chi connectivity index (χ2v) is 9.09. The number of carbonyl (C=O) groups is 1. The van der Waals surface area contributed by atoms with E-state index in [1.54, 1.807) is 0 Å². The first kappa shape index (κ1) is 23.8. The SMILES string of the molecule is CCC1C=CC=C(c2cc(-c3cc(C)c(CCCCCC(=O)O)cc3C)ccc2C)NC1. The summed E-state index contributed by atoms with van der Waals surface area (Å²) in [6.07, 6.45) is 11.9. The van der Waals surface area contributed by atoms with Crippen molar-refractivity contribution in [3.8, 4) is 11.1 Å². The summed E-state index contributed by atoms with van der Waals surface area (Å²) in [5, 5.41) is 12.5. The number of aryl methyl sites for hydroxylation is 4. The van der Waals surface area contributed by atoms with Crippen molar-refractivity contribution in [1.82, 2.24) is 5.32 Å². The first-order valence-corrected chi connectivity index (χ1v) is 11.9.